The standard InChI is InChI=1S/C21H19ClN4O2/c1-12-4-7-17(10-18(12)22)26-21(28)19-11-20(24-14(3)23-19)25-16-8-5-15(6-9-16)13(2)27/h4-11H,1-3H3,(H,26,28)(H,23,24,25). The van der Waals surface area contributed by atoms with Gasteiger partial charge in [-0.2, -0.15) is 0 Å². The zero-order chi connectivity index (χ0) is 20.3. The Bertz CT molecular complexity index is 1050. The molecule has 1 aromatic heterocycles. The minimum Gasteiger partial charge on any atom is -0.340 e. The van der Waals surface area contributed by atoms with Gasteiger partial charge in [0, 0.05) is 28.0 Å². The van der Waals surface area contributed by atoms with Gasteiger partial charge in [0.15, 0.2) is 5.78 Å². The first-order valence-electron chi connectivity index (χ1n) is 8.63. The zero-order valence-electron chi connectivity index (χ0n) is 15.7. The van der Waals surface area contributed by atoms with Gasteiger partial charge in [0.25, 0.3) is 5.91 Å². The molecule has 2 N–H and O–H groups in total. The van der Waals surface area contributed by atoms with E-state index >= 15 is 0 Å². The molecule has 0 radical (unpaired) electrons. The summed E-state index contributed by atoms with van der Waals surface area (Å²) in [6.45, 7) is 5.12. The molecular formula is C21H19ClN4O2. The van der Waals surface area contributed by atoms with Gasteiger partial charge < -0.3 is 10.6 Å². The highest BCUT2D eigenvalue weighted by Crippen LogP contribution is 2.21. The van der Waals surface area contributed by atoms with Gasteiger partial charge in [-0.1, -0.05) is 17.7 Å². The number of ketones is 1. The Morgan fingerprint density at radius 1 is 0.929 bits per heavy atom. The highest BCUT2D eigenvalue weighted by Gasteiger charge is 2.12. The molecule has 0 aliphatic rings. The van der Waals surface area contributed by atoms with E-state index in [9.17, 15) is 9.59 Å². The van der Waals surface area contributed by atoms with Crippen molar-refractivity contribution in [2.45, 2.75) is 20.8 Å². The number of rotatable bonds is 5. The van der Waals surface area contributed by atoms with Crippen LogP contribution in [-0.4, -0.2) is 21.7 Å². The van der Waals surface area contributed by atoms with E-state index in [-0.39, 0.29) is 17.4 Å². The highest BCUT2D eigenvalue weighted by atomic mass is 35.5. The van der Waals surface area contributed by atoms with E-state index in [0.717, 1.165) is 11.3 Å². The van der Waals surface area contributed by atoms with Gasteiger partial charge in [-0.3, -0.25) is 9.59 Å². The number of halogens is 1. The number of anilines is 3. The van der Waals surface area contributed by atoms with Crippen LogP contribution in [0, 0.1) is 13.8 Å². The van der Waals surface area contributed by atoms with Crippen molar-refractivity contribution in [2.75, 3.05) is 10.6 Å². The molecule has 6 nitrogen and oxygen atoms in total. The molecule has 3 rings (SSSR count). The summed E-state index contributed by atoms with van der Waals surface area (Å²) in [4.78, 5) is 32.5. The lowest BCUT2D eigenvalue weighted by molar-refractivity contribution is 0.101. The van der Waals surface area contributed by atoms with Crippen LogP contribution >= 0.6 is 11.6 Å². The third-order valence-corrected chi connectivity index (χ3v) is 4.47. The molecule has 0 saturated heterocycles. The average molecular weight is 395 g/mol. The van der Waals surface area contributed by atoms with Crippen LogP contribution in [0.3, 0.4) is 0 Å². The summed E-state index contributed by atoms with van der Waals surface area (Å²) in [6, 6.07) is 13.9. The first-order chi connectivity index (χ1) is 13.3. The molecule has 0 saturated carbocycles. The Kier molecular flexibility index (Phi) is 5.70. The second kappa shape index (κ2) is 8.19. The normalized spacial score (nSPS) is 10.4. The van der Waals surface area contributed by atoms with Crippen molar-refractivity contribution < 1.29 is 9.59 Å². The van der Waals surface area contributed by atoms with Crippen LogP contribution in [-0.2, 0) is 0 Å². The van der Waals surface area contributed by atoms with Crippen LogP contribution in [0.25, 0.3) is 0 Å². The van der Waals surface area contributed by atoms with Crippen molar-refractivity contribution in [1.29, 1.82) is 0 Å². The Hall–Kier alpha value is -3.25. The topological polar surface area (TPSA) is 84.0 Å². The SMILES string of the molecule is CC(=O)c1ccc(Nc2cc(C(=O)Nc3ccc(C)c(Cl)c3)nc(C)n2)cc1. The van der Waals surface area contributed by atoms with E-state index in [1.807, 2.05) is 13.0 Å². The number of amides is 1. The van der Waals surface area contributed by atoms with Crippen LogP contribution < -0.4 is 10.6 Å². The molecule has 3 aromatic rings. The van der Waals surface area contributed by atoms with E-state index < -0.39 is 0 Å². The zero-order valence-corrected chi connectivity index (χ0v) is 16.5. The van der Waals surface area contributed by atoms with E-state index in [4.69, 9.17) is 11.6 Å². The van der Waals surface area contributed by atoms with Gasteiger partial charge >= 0.3 is 0 Å². The van der Waals surface area contributed by atoms with E-state index in [1.54, 1.807) is 49.4 Å². The largest absolute Gasteiger partial charge is 0.340 e. The van der Waals surface area contributed by atoms with Crippen molar-refractivity contribution in [3.8, 4) is 0 Å². The molecule has 2 aromatic carbocycles. The number of hydrogen-bond donors (Lipinski definition) is 2. The fourth-order valence-electron chi connectivity index (χ4n) is 2.55. The highest BCUT2D eigenvalue weighted by molar-refractivity contribution is 6.31. The molecule has 0 fully saturated rings. The van der Waals surface area contributed by atoms with Gasteiger partial charge in [-0.15, -0.1) is 0 Å². The van der Waals surface area contributed by atoms with E-state index in [1.165, 1.54) is 6.92 Å². The molecule has 1 heterocycles. The van der Waals surface area contributed by atoms with E-state index in [2.05, 4.69) is 20.6 Å². The van der Waals surface area contributed by atoms with Crippen LogP contribution in [0.1, 0.15) is 39.2 Å². The Balaban J connectivity index is 1.79. The van der Waals surface area contributed by atoms with Gasteiger partial charge in [-0.05, 0) is 62.7 Å². The third-order valence-electron chi connectivity index (χ3n) is 4.06. The molecule has 0 bridgehead atoms. The number of carbonyl (C=O) groups excluding carboxylic acids is 2. The lowest BCUT2D eigenvalue weighted by atomic mass is 10.1. The second-order valence-corrected chi connectivity index (χ2v) is 6.77. The monoisotopic (exact) mass is 394 g/mol. The molecule has 28 heavy (non-hydrogen) atoms. The fraction of sp³-hybridized carbons (Fsp3) is 0.143. The Morgan fingerprint density at radius 3 is 2.25 bits per heavy atom. The summed E-state index contributed by atoms with van der Waals surface area (Å²) in [5.74, 6) is 0.576. The number of aryl methyl sites for hydroxylation is 2. The van der Waals surface area contributed by atoms with Crippen molar-refractivity contribution in [3.05, 3.63) is 76.2 Å². The summed E-state index contributed by atoms with van der Waals surface area (Å²) in [7, 11) is 0. The summed E-state index contributed by atoms with van der Waals surface area (Å²) in [6.07, 6.45) is 0. The second-order valence-electron chi connectivity index (χ2n) is 6.36. The average Bonchev–Trinajstić information content (AvgIpc) is 2.64. The molecule has 0 aliphatic heterocycles. The summed E-state index contributed by atoms with van der Waals surface area (Å²) >= 11 is 6.11. The number of nitrogens with zero attached hydrogens (tertiary/aromatic N) is 2. The number of hydrogen-bond acceptors (Lipinski definition) is 5. The van der Waals surface area contributed by atoms with Crippen molar-refractivity contribution >= 4 is 40.5 Å². The molecule has 0 unspecified atom stereocenters. The smallest absolute Gasteiger partial charge is 0.274 e. The predicted octanol–water partition coefficient (Wildman–Crippen LogP) is 4.95. The fourth-order valence-corrected chi connectivity index (χ4v) is 2.73. The van der Waals surface area contributed by atoms with Crippen molar-refractivity contribution in [3.63, 3.8) is 0 Å². The van der Waals surface area contributed by atoms with Gasteiger partial charge in [0.05, 0.1) is 0 Å². The maximum atomic E-state index is 12.6. The number of nitrogens with one attached hydrogen (secondary N) is 2. The quantitative estimate of drug-likeness (QED) is 0.598. The molecule has 0 atom stereocenters. The van der Waals surface area contributed by atoms with Crippen molar-refractivity contribution in [2.24, 2.45) is 0 Å². The number of carbonyl (C=O) groups is 2. The third kappa shape index (κ3) is 4.72. The first-order valence-corrected chi connectivity index (χ1v) is 9.01. The van der Waals surface area contributed by atoms with Crippen LogP contribution in [0.5, 0.6) is 0 Å². The number of aromatic nitrogens is 2. The lowest BCUT2D eigenvalue weighted by Gasteiger charge is -2.10. The van der Waals surface area contributed by atoms with Gasteiger partial charge in [0.2, 0.25) is 0 Å². The first kappa shape index (κ1) is 19.5. The van der Waals surface area contributed by atoms with Gasteiger partial charge in [0.1, 0.15) is 17.3 Å². The molecular weight excluding hydrogens is 376 g/mol. The number of benzene rings is 2. The molecule has 0 spiro atoms. The maximum absolute atomic E-state index is 12.6. The van der Waals surface area contributed by atoms with Gasteiger partial charge in [-0.25, -0.2) is 9.97 Å². The summed E-state index contributed by atoms with van der Waals surface area (Å²) < 4.78 is 0. The van der Waals surface area contributed by atoms with Crippen molar-refractivity contribution in [1.82, 2.24) is 9.97 Å². The Labute approximate surface area is 168 Å². The maximum Gasteiger partial charge on any atom is 0.274 e. The number of Topliss-reactive ketones (excluding diaryl/α,β-unsaturated/α-hetero) is 1. The predicted molar refractivity (Wildman–Crippen MR) is 111 cm³/mol. The molecule has 142 valence electrons. The Morgan fingerprint density at radius 2 is 1.61 bits per heavy atom. The summed E-state index contributed by atoms with van der Waals surface area (Å²) in [5.41, 5.74) is 3.12. The lowest BCUT2D eigenvalue weighted by Crippen LogP contribution is -2.15. The minimum atomic E-state index is -0.361. The van der Waals surface area contributed by atoms with E-state index in [0.29, 0.717) is 27.9 Å². The molecule has 0 aliphatic carbocycles. The summed E-state index contributed by atoms with van der Waals surface area (Å²) in [5, 5.41) is 6.49. The molecule has 1 amide bonds. The molecule has 7 heteroatoms. The minimum absolute atomic E-state index is 0.000373. The van der Waals surface area contributed by atoms with Crippen LogP contribution in [0.4, 0.5) is 17.2 Å². The van der Waals surface area contributed by atoms with Crippen LogP contribution in [0.15, 0.2) is 48.5 Å². The van der Waals surface area contributed by atoms with Crippen LogP contribution in [0.2, 0.25) is 5.02 Å².